The quantitative estimate of drug-likeness (QED) is 0.383. The molecule has 8 atom stereocenters. The van der Waals surface area contributed by atoms with Crippen LogP contribution in [-0.4, -0.2) is 25.9 Å². The smallest absolute Gasteiger partial charge is 0.0684 e. The van der Waals surface area contributed by atoms with Crippen molar-refractivity contribution in [2.24, 2.45) is 40.4 Å². The second-order valence-corrected chi connectivity index (χ2v) is 12.8. The van der Waals surface area contributed by atoms with E-state index in [0.717, 1.165) is 23.7 Å². The molecular weight excluding hydrogens is 380 g/mol. The molecule has 31 heavy (non-hydrogen) atoms. The summed E-state index contributed by atoms with van der Waals surface area (Å²) in [6, 6.07) is 0. The minimum Gasteiger partial charge on any atom is -0.381 e. The summed E-state index contributed by atoms with van der Waals surface area (Å²) in [6.45, 7) is 12.4. The van der Waals surface area contributed by atoms with E-state index in [4.69, 9.17) is 9.47 Å². The molecule has 2 nitrogen and oxygen atoms in total. The highest BCUT2D eigenvalue weighted by molar-refractivity contribution is 5.25. The molecule has 0 aromatic carbocycles. The SMILES string of the molecule is CO[C@H]1CC[C@@]2(C)C(=CC[C@H]3[C@@H]4CC[C@H]([C@](C)(CCCC(C)C)OC)[C@@]4(C)CC[C@@H]32)C1. The van der Waals surface area contributed by atoms with E-state index in [-0.39, 0.29) is 5.60 Å². The van der Waals surface area contributed by atoms with Crippen molar-refractivity contribution in [1.82, 2.24) is 0 Å². The van der Waals surface area contributed by atoms with E-state index in [2.05, 4.69) is 40.7 Å². The lowest BCUT2D eigenvalue weighted by Crippen LogP contribution is -2.53. The highest BCUT2D eigenvalue weighted by atomic mass is 16.5. The zero-order valence-corrected chi connectivity index (χ0v) is 21.6. The summed E-state index contributed by atoms with van der Waals surface area (Å²) < 4.78 is 12.1. The van der Waals surface area contributed by atoms with Crippen molar-refractivity contribution in [3.05, 3.63) is 11.6 Å². The van der Waals surface area contributed by atoms with E-state index >= 15 is 0 Å². The first kappa shape index (κ1) is 23.8. The maximum absolute atomic E-state index is 6.36. The van der Waals surface area contributed by atoms with Crippen LogP contribution in [0.2, 0.25) is 0 Å². The summed E-state index contributed by atoms with van der Waals surface area (Å²) in [5.74, 6) is 4.15. The number of fused-ring (bicyclic) bond motifs is 5. The summed E-state index contributed by atoms with van der Waals surface area (Å²) in [7, 11) is 3.89. The monoisotopic (exact) mass is 430 g/mol. The molecule has 0 aromatic rings. The molecule has 4 aliphatic rings. The van der Waals surface area contributed by atoms with Gasteiger partial charge in [-0.2, -0.15) is 0 Å². The number of ether oxygens (including phenoxy) is 2. The Morgan fingerprint density at radius 1 is 1.06 bits per heavy atom. The Morgan fingerprint density at radius 3 is 2.52 bits per heavy atom. The molecule has 178 valence electrons. The van der Waals surface area contributed by atoms with Gasteiger partial charge >= 0.3 is 0 Å². The van der Waals surface area contributed by atoms with Crippen LogP contribution in [0.1, 0.15) is 105 Å². The Hall–Kier alpha value is -0.340. The lowest BCUT2D eigenvalue weighted by molar-refractivity contribution is -0.122. The molecule has 0 heterocycles. The van der Waals surface area contributed by atoms with Crippen molar-refractivity contribution in [2.75, 3.05) is 14.2 Å². The predicted octanol–water partition coefficient (Wildman–Crippen LogP) is 7.81. The lowest BCUT2D eigenvalue weighted by Gasteiger charge is -2.59. The molecule has 3 saturated carbocycles. The molecule has 0 spiro atoms. The first-order chi connectivity index (χ1) is 14.7. The van der Waals surface area contributed by atoms with E-state index in [1.54, 1.807) is 5.57 Å². The zero-order chi connectivity index (χ0) is 22.4. The number of hydrogen-bond acceptors (Lipinski definition) is 2. The molecule has 0 unspecified atom stereocenters. The van der Waals surface area contributed by atoms with Crippen molar-refractivity contribution in [3.63, 3.8) is 0 Å². The van der Waals surface area contributed by atoms with Gasteiger partial charge in [-0.3, -0.25) is 0 Å². The normalized spacial score (nSPS) is 44.3. The zero-order valence-electron chi connectivity index (χ0n) is 21.6. The minimum atomic E-state index is 0.0430. The maximum atomic E-state index is 6.36. The molecule has 2 heteroatoms. The molecular formula is C29H50O2. The summed E-state index contributed by atoms with van der Waals surface area (Å²) in [6.07, 6.45) is 17.7. The van der Waals surface area contributed by atoms with Crippen LogP contribution in [0.15, 0.2) is 11.6 Å². The van der Waals surface area contributed by atoms with Gasteiger partial charge in [0.2, 0.25) is 0 Å². The van der Waals surface area contributed by atoms with Crippen LogP contribution in [0.5, 0.6) is 0 Å². The van der Waals surface area contributed by atoms with Crippen molar-refractivity contribution in [3.8, 4) is 0 Å². The average Bonchev–Trinajstić information content (AvgIpc) is 3.10. The fourth-order valence-corrected chi connectivity index (χ4v) is 9.11. The molecule has 0 amide bonds. The Bertz CT molecular complexity index is 668. The van der Waals surface area contributed by atoms with Gasteiger partial charge in [0.05, 0.1) is 11.7 Å². The van der Waals surface area contributed by atoms with Crippen molar-refractivity contribution in [1.29, 1.82) is 0 Å². The third-order valence-electron chi connectivity index (χ3n) is 11.1. The lowest BCUT2D eigenvalue weighted by atomic mass is 9.46. The van der Waals surface area contributed by atoms with Crippen LogP contribution in [0, 0.1) is 40.4 Å². The van der Waals surface area contributed by atoms with Gasteiger partial charge in [0, 0.05) is 14.2 Å². The van der Waals surface area contributed by atoms with Crippen LogP contribution in [0.4, 0.5) is 0 Å². The molecule has 0 saturated heterocycles. The Kier molecular flexibility index (Phi) is 6.75. The van der Waals surface area contributed by atoms with Gasteiger partial charge in [-0.15, -0.1) is 0 Å². The first-order valence-electron chi connectivity index (χ1n) is 13.5. The predicted molar refractivity (Wildman–Crippen MR) is 130 cm³/mol. The molecule has 0 radical (unpaired) electrons. The molecule has 0 aliphatic heterocycles. The second-order valence-electron chi connectivity index (χ2n) is 12.8. The van der Waals surface area contributed by atoms with Gasteiger partial charge in [-0.25, -0.2) is 0 Å². The number of hydrogen-bond donors (Lipinski definition) is 0. The summed E-state index contributed by atoms with van der Waals surface area (Å²) in [4.78, 5) is 0. The fourth-order valence-electron chi connectivity index (χ4n) is 9.11. The van der Waals surface area contributed by atoms with E-state index in [0.29, 0.717) is 22.9 Å². The number of methoxy groups -OCH3 is 2. The van der Waals surface area contributed by atoms with Crippen molar-refractivity contribution in [2.45, 2.75) is 117 Å². The third-order valence-corrected chi connectivity index (χ3v) is 11.1. The van der Waals surface area contributed by atoms with Gasteiger partial charge < -0.3 is 9.47 Å². The highest BCUT2D eigenvalue weighted by Gasteiger charge is 2.61. The Balaban J connectivity index is 1.54. The summed E-state index contributed by atoms with van der Waals surface area (Å²) in [5, 5.41) is 0. The largest absolute Gasteiger partial charge is 0.381 e. The van der Waals surface area contributed by atoms with Gasteiger partial charge in [0.25, 0.3) is 0 Å². The minimum absolute atomic E-state index is 0.0430. The first-order valence-corrected chi connectivity index (χ1v) is 13.5. The summed E-state index contributed by atoms with van der Waals surface area (Å²) in [5.41, 5.74) is 2.66. The average molecular weight is 431 g/mol. The maximum Gasteiger partial charge on any atom is 0.0684 e. The van der Waals surface area contributed by atoms with E-state index < -0.39 is 0 Å². The molecule has 4 rings (SSSR count). The molecule has 3 fully saturated rings. The van der Waals surface area contributed by atoms with Gasteiger partial charge in [0.1, 0.15) is 0 Å². The van der Waals surface area contributed by atoms with Gasteiger partial charge in [0.15, 0.2) is 0 Å². The third kappa shape index (κ3) is 3.96. The van der Waals surface area contributed by atoms with E-state index in [1.165, 1.54) is 70.6 Å². The molecule has 0 bridgehead atoms. The Labute approximate surface area is 192 Å². The standard InChI is InChI=1S/C29H50O2/c1-20(2)9-8-16-29(5,31-7)26-13-12-24-23-11-10-21-19-22(30-6)14-17-27(21,3)25(23)15-18-28(24,26)4/h10,20,22-26H,8-9,11-19H2,1-7H3/t22-,23-,24-,25-,26-,27-,28-,29-/m0/s1. The van der Waals surface area contributed by atoms with Crippen LogP contribution in [0.25, 0.3) is 0 Å². The topological polar surface area (TPSA) is 18.5 Å². The Morgan fingerprint density at radius 2 is 1.84 bits per heavy atom. The number of rotatable bonds is 7. The van der Waals surface area contributed by atoms with Gasteiger partial charge in [-0.1, -0.05) is 52.2 Å². The van der Waals surface area contributed by atoms with Gasteiger partial charge in [-0.05, 0) is 105 Å². The van der Waals surface area contributed by atoms with E-state index in [9.17, 15) is 0 Å². The molecule has 4 aliphatic carbocycles. The van der Waals surface area contributed by atoms with Crippen LogP contribution < -0.4 is 0 Å². The summed E-state index contributed by atoms with van der Waals surface area (Å²) >= 11 is 0. The van der Waals surface area contributed by atoms with Crippen LogP contribution in [0.3, 0.4) is 0 Å². The number of allylic oxidation sites excluding steroid dienone is 1. The van der Waals surface area contributed by atoms with Crippen molar-refractivity contribution >= 4 is 0 Å². The van der Waals surface area contributed by atoms with Crippen LogP contribution in [-0.2, 0) is 9.47 Å². The fraction of sp³-hybridized carbons (Fsp3) is 0.931. The highest BCUT2D eigenvalue weighted by Crippen LogP contribution is 2.68. The molecule has 0 N–H and O–H groups in total. The van der Waals surface area contributed by atoms with Crippen molar-refractivity contribution < 1.29 is 9.47 Å². The second kappa shape index (κ2) is 8.79. The molecule has 0 aromatic heterocycles. The van der Waals surface area contributed by atoms with E-state index in [1.807, 2.05) is 14.2 Å². The van der Waals surface area contributed by atoms with Crippen LogP contribution >= 0.6 is 0 Å².